The highest BCUT2D eigenvalue weighted by Crippen LogP contribution is 2.32. The molecule has 2 aliphatic heterocycles. The number of likely N-dealkylation sites (N-methyl/N-ethyl adjacent to an activating group) is 2. The van der Waals surface area contributed by atoms with Gasteiger partial charge in [-0.3, -0.25) is 28.8 Å². The van der Waals surface area contributed by atoms with E-state index < -0.39 is 47.8 Å². The number of hydrogen-bond acceptors (Lipinski definition) is 10. The summed E-state index contributed by atoms with van der Waals surface area (Å²) >= 11 is 0. The average molecular weight is 979 g/mol. The normalized spacial score (nSPS) is 21.0. The van der Waals surface area contributed by atoms with Gasteiger partial charge in [-0.15, -0.1) is 0 Å². The maximum absolute atomic E-state index is 14.7. The van der Waals surface area contributed by atoms with E-state index in [0.29, 0.717) is 38.0 Å². The summed E-state index contributed by atoms with van der Waals surface area (Å²) in [6.07, 6.45) is 3.63. The van der Waals surface area contributed by atoms with Crippen molar-refractivity contribution in [3.8, 4) is 0 Å². The number of nitrogens with zero attached hydrogens (tertiary/aromatic N) is 3. The van der Waals surface area contributed by atoms with Crippen molar-refractivity contribution < 1.29 is 38.2 Å². The number of carbonyl (C=O) groups excluding carboxylic acids is 6. The number of likely N-dealkylation sites (tertiary alicyclic amines) is 2. The van der Waals surface area contributed by atoms with Gasteiger partial charge in [0.25, 0.3) is 5.91 Å². The van der Waals surface area contributed by atoms with Crippen molar-refractivity contribution in [1.82, 2.24) is 41.3 Å². The van der Waals surface area contributed by atoms with E-state index in [1.165, 1.54) is 5.56 Å². The van der Waals surface area contributed by atoms with Gasteiger partial charge in [0, 0.05) is 44.2 Å². The largest absolute Gasteiger partial charge is 0.374 e. The van der Waals surface area contributed by atoms with Crippen molar-refractivity contribution in [1.29, 1.82) is 0 Å². The summed E-state index contributed by atoms with van der Waals surface area (Å²) in [5.41, 5.74) is 3.27. The van der Waals surface area contributed by atoms with E-state index in [1.54, 1.807) is 56.8 Å². The van der Waals surface area contributed by atoms with Gasteiger partial charge in [-0.2, -0.15) is 0 Å². The summed E-state index contributed by atoms with van der Waals surface area (Å²) in [6.45, 7) is 12.3. The van der Waals surface area contributed by atoms with E-state index in [4.69, 9.17) is 9.47 Å². The van der Waals surface area contributed by atoms with Crippen LogP contribution in [0, 0.1) is 5.41 Å². The van der Waals surface area contributed by atoms with Crippen LogP contribution in [-0.2, 0) is 46.3 Å². The van der Waals surface area contributed by atoms with Crippen LogP contribution in [0.2, 0.25) is 0 Å². The molecule has 9 atom stereocenters. The minimum Gasteiger partial charge on any atom is -0.374 e. The fraction of sp³-hybridized carbons (Fsp3) is 0.564. The van der Waals surface area contributed by atoms with Crippen LogP contribution < -0.4 is 26.6 Å². The zero-order chi connectivity index (χ0) is 51.2. The molecule has 2 fully saturated rings. The molecule has 3 aromatic rings. The van der Waals surface area contributed by atoms with Crippen molar-refractivity contribution in [3.05, 3.63) is 107 Å². The number of hydrogen-bond donors (Lipinski definition) is 5. The first-order chi connectivity index (χ1) is 34.0. The van der Waals surface area contributed by atoms with Crippen molar-refractivity contribution in [2.45, 2.75) is 141 Å². The molecule has 6 rings (SSSR count). The van der Waals surface area contributed by atoms with Gasteiger partial charge in [-0.05, 0) is 108 Å². The first kappa shape index (κ1) is 54.6. The molecule has 0 bridgehead atoms. The average Bonchev–Trinajstić information content (AvgIpc) is 4.04. The van der Waals surface area contributed by atoms with Crippen molar-refractivity contribution >= 4 is 35.4 Å². The minimum absolute atomic E-state index is 0.0490. The lowest BCUT2D eigenvalue weighted by molar-refractivity contribution is -0.144. The van der Waals surface area contributed by atoms with E-state index in [1.807, 2.05) is 92.4 Å². The Hall–Kier alpha value is -5.68. The number of amides is 6. The molecule has 1 aliphatic carbocycles. The predicted molar refractivity (Wildman–Crippen MR) is 273 cm³/mol. The Morgan fingerprint density at radius 2 is 1.41 bits per heavy atom. The third kappa shape index (κ3) is 14.5. The highest BCUT2D eigenvalue weighted by molar-refractivity contribution is 5.95. The maximum atomic E-state index is 14.7. The zero-order valence-electron chi connectivity index (χ0n) is 43.1. The maximum Gasteiger partial charge on any atom is 0.253 e. The zero-order valence-corrected chi connectivity index (χ0v) is 43.1. The third-order valence-electron chi connectivity index (χ3n) is 14.3. The first-order valence-electron chi connectivity index (χ1n) is 25.6. The number of benzene rings is 3. The highest BCUT2D eigenvalue weighted by atomic mass is 16.5. The van der Waals surface area contributed by atoms with Gasteiger partial charge in [-0.25, -0.2) is 0 Å². The van der Waals surface area contributed by atoms with Crippen LogP contribution in [0.5, 0.6) is 0 Å². The van der Waals surface area contributed by atoms with Gasteiger partial charge < -0.3 is 50.8 Å². The number of aryl methyl sites for hydroxylation is 1. The Morgan fingerprint density at radius 3 is 2.08 bits per heavy atom. The fourth-order valence-corrected chi connectivity index (χ4v) is 9.83. The van der Waals surface area contributed by atoms with Crippen LogP contribution in [0.1, 0.15) is 107 Å². The topological polar surface area (TPSA) is 191 Å². The summed E-state index contributed by atoms with van der Waals surface area (Å²) in [5, 5.41) is 15.1. The molecule has 0 spiro atoms. The van der Waals surface area contributed by atoms with Gasteiger partial charge in [0.2, 0.25) is 29.5 Å². The molecule has 0 saturated carbocycles. The van der Waals surface area contributed by atoms with Crippen LogP contribution in [0.4, 0.5) is 0 Å². The molecule has 16 heteroatoms. The molecule has 5 N–H and O–H groups in total. The molecule has 386 valence electrons. The lowest BCUT2D eigenvalue weighted by atomic mass is 9.85. The van der Waals surface area contributed by atoms with Crippen molar-refractivity contribution in [2.24, 2.45) is 5.41 Å². The molecule has 2 saturated heterocycles. The van der Waals surface area contributed by atoms with E-state index in [-0.39, 0.29) is 73.7 Å². The molecular formula is C55H78N8O8. The second-order valence-corrected chi connectivity index (χ2v) is 20.5. The minimum atomic E-state index is -1.05. The number of ether oxygens (including phenoxy) is 2. The van der Waals surface area contributed by atoms with E-state index >= 15 is 0 Å². The number of rotatable bonds is 22. The van der Waals surface area contributed by atoms with Gasteiger partial charge in [0.15, 0.2) is 0 Å². The Morgan fingerprint density at radius 1 is 0.761 bits per heavy atom. The lowest BCUT2D eigenvalue weighted by Crippen LogP contribution is -2.59. The molecule has 2 heterocycles. The molecule has 6 amide bonds. The number of carbonyl (C=O) groups is 6. The standard InChI is InChI=1S/C55H78N8O8/c1-36(56-7)49(64)59-47(53(68)62-29-18-25-42(62)34-61(30-28-39-19-11-9-12-20-39)52(67)41-22-13-10-14-23-41)38(3)70-31-32-71-43-33-46(51(66)58-45-27-17-24-40-21-15-16-26-44(40)45)63(35-43)54(69)48(55(4,5)6)60-50(65)37(2)57-8/h9-16,19-23,26,36-38,42-43,45-48,56-57H,17-18,24-25,27-35H2,1-8H3,(H,58,66)(H,59,64)(H,60,65)/t36-,37-,38+,42-,43-,45+,46-,47-,48+/m0/s1. The molecule has 0 aromatic heterocycles. The van der Waals surface area contributed by atoms with E-state index in [0.717, 1.165) is 36.8 Å². The van der Waals surface area contributed by atoms with Crippen molar-refractivity contribution in [3.63, 3.8) is 0 Å². The van der Waals surface area contributed by atoms with E-state index in [9.17, 15) is 28.8 Å². The summed E-state index contributed by atoms with van der Waals surface area (Å²) in [7, 11) is 3.35. The SMILES string of the molecule is CN[C@@H](C)C(=O)N[C@H](C(=O)N1CCC[C@H]1CN(CCc1ccccc1)C(=O)c1ccccc1)[C@@H](C)OCCO[C@H]1C[C@@H](C(=O)N[C@@H]2CCCc3ccccc32)N(C(=O)[C@@H](NC(=O)[C@H](C)NC)C(C)(C)C)C1. The van der Waals surface area contributed by atoms with Crippen LogP contribution >= 0.6 is 0 Å². The quantitative estimate of drug-likeness (QED) is 0.0914. The number of nitrogens with one attached hydrogen (secondary N) is 5. The summed E-state index contributed by atoms with van der Waals surface area (Å²) in [5.74, 6) is -1.74. The fourth-order valence-electron chi connectivity index (χ4n) is 9.83. The summed E-state index contributed by atoms with van der Waals surface area (Å²) < 4.78 is 12.7. The van der Waals surface area contributed by atoms with Crippen LogP contribution in [0.15, 0.2) is 84.9 Å². The predicted octanol–water partition coefficient (Wildman–Crippen LogP) is 4.18. The summed E-state index contributed by atoms with van der Waals surface area (Å²) in [4.78, 5) is 89.5. The number of fused-ring (bicyclic) bond motifs is 1. The molecule has 0 radical (unpaired) electrons. The Kier molecular flexibility index (Phi) is 19.7. The Labute approximate surface area is 420 Å². The van der Waals surface area contributed by atoms with Crippen LogP contribution in [0.3, 0.4) is 0 Å². The molecule has 16 nitrogen and oxygen atoms in total. The smallest absolute Gasteiger partial charge is 0.253 e. The Bertz CT molecular complexity index is 2260. The second kappa shape index (κ2) is 25.6. The molecular weight excluding hydrogens is 901 g/mol. The lowest BCUT2D eigenvalue weighted by Gasteiger charge is -2.36. The highest BCUT2D eigenvalue weighted by Gasteiger charge is 2.46. The van der Waals surface area contributed by atoms with Crippen molar-refractivity contribution in [2.75, 3.05) is 53.5 Å². The summed E-state index contributed by atoms with van der Waals surface area (Å²) in [6, 6.07) is 22.8. The van der Waals surface area contributed by atoms with Gasteiger partial charge in [0.05, 0.1) is 43.5 Å². The first-order valence-corrected chi connectivity index (χ1v) is 25.6. The third-order valence-corrected chi connectivity index (χ3v) is 14.3. The van der Waals surface area contributed by atoms with E-state index in [2.05, 4.69) is 32.7 Å². The van der Waals surface area contributed by atoms with Gasteiger partial charge >= 0.3 is 0 Å². The van der Waals surface area contributed by atoms with Gasteiger partial charge in [-0.1, -0.05) is 93.6 Å². The monoisotopic (exact) mass is 979 g/mol. The molecule has 71 heavy (non-hydrogen) atoms. The molecule has 3 aliphatic rings. The van der Waals surface area contributed by atoms with Gasteiger partial charge in [0.1, 0.15) is 18.1 Å². The Balaban J connectivity index is 1.14. The second-order valence-electron chi connectivity index (χ2n) is 20.5. The molecule has 0 unspecified atom stereocenters. The van der Waals surface area contributed by atoms with Crippen LogP contribution in [-0.4, -0.2) is 152 Å². The molecule has 3 aromatic carbocycles. The van der Waals surface area contributed by atoms with Crippen LogP contribution in [0.25, 0.3) is 0 Å².